The van der Waals surface area contributed by atoms with Crippen LogP contribution in [-0.2, 0) is 4.74 Å². The van der Waals surface area contributed by atoms with E-state index in [0.29, 0.717) is 24.9 Å². The molecule has 3 rings (SSSR count). The standard InChI is InChI=1S/C11H14ClN5O/c1-2-7-5-18-4-3-17(7)10-8-9(14-6-13-8)15-11(12)16-10/h6-7H,2-5H2,1H3,(H,13,14,15,16). The summed E-state index contributed by atoms with van der Waals surface area (Å²) >= 11 is 5.96. The first-order chi connectivity index (χ1) is 8.79. The van der Waals surface area contributed by atoms with Crippen LogP contribution in [0, 0.1) is 0 Å². The van der Waals surface area contributed by atoms with Crippen LogP contribution in [0.2, 0.25) is 5.28 Å². The molecule has 1 N–H and O–H groups in total. The van der Waals surface area contributed by atoms with Gasteiger partial charge in [-0.2, -0.15) is 9.97 Å². The lowest BCUT2D eigenvalue weighted by Crippen LogP contribution is -2.45. The number of nitrogens with one attached hydrogen (secondary N) is 1. The van der Waals surface area contributed by atoms with Gasteiger partial charge in [0.15, 0.2) is 11.5 Å². The quantitative estimate of drug-likeness (QED) is 0.838. The van der Waals surface area contributed by atoms with Crippen molar-refractivity contribution in [3.63, 3.8) is 0 Å². The zero-order valence-electron chi connectivity index (χ0n) is 10.1. The highest BCUT2D eigenvalue weighted by Crippen LogP contribution is 2.26. The third-order valence-electron chi connectivity index (χ3n) is 3.21. The molecule has 1 aliphatic rings. The Kier molecular flexibility index (Phi) is 3.05. The Hall–Kier alpha value is -1.40. The van der Waals surface area contributed by atoms with Gasteiger partial charge in [0, 0.05) is 6.54 Å². The van der Waals surface area contributed by atoms with Crippen molar-refractivity contribution in [1.82, 2.24) is 19.9 Å². The fourth-order valence-corrected chi connectivity index (χ4v) is 2.43. The normalized spacial score (nSPS) is 20.6. The Labute approximate surface area is 109 Å². The lowest BCUT2D eigenvalue weighted by Gasteiger charge is -2.36. The third-order valence-corrected chi connectivity index (χ3v) is 3.38. The van der Waals surface area contributed by atoms with E-state index in [0.717, 1.165) is 24.3 Å². The van der Waals surface area contributed by atoms with Crippen LogP contribution < -0.4 is 4.90 Å². The summed E-state index contributed by atoms with van der Waals surface area (Å²) in [5, 5.41) is 0.228. The van der Waals surface area contributed by atoms with E-state index in [1.807, 2.05) is 0 Å². The van der Waals surface area contributed by atoms with E-state index in [1.54, 1.807) is 6.33 Å². The smallest absolute Gasteiger partial charge is 0.226 e. The van der Waals surface area contributed by atoms with E-state index in [2.05, 4.69) is 31.8 Å². The van der Waals surface area contributed by atoms with Crippen LogP contribution in [0.4, 0.5) is 5.82 Å². The molecule has 6 nitrogen and oxygen atoms in total. The fraction of sp³-hybridized carbons (Fsp3) is 0.545. The largest absolute Gasteiger partial charge is 0.377 e. The number of fused-ring (bicyclic) bond motifs is 1. The van der Waals surface area contributed by atoms with E-state index < -0.39 is 0 Å². The molecule has 18 heavy (non-hydrogen) atoms. The van der Waals surface area contributed by atoms with Crippen molar-refractivity contribution in [3.05, 3.63) is 11.6 Å². The van der Waals surface area contributed by atoms with Crippen molar-refractivity contribution in [2.24, 2.45) is 0 Å². The molecule has 7 heteroatoms. The van der Waals surface area contributed by atoms with Gasteiger partial charge in [-0.15, -0.1) is 0 Å². The van der Waals surface area contributed by atoms with Crippen LogP contribution >= 0.6 is 11.6 Å². The second kappa shape index (κ2) is 4.70. The average molecular weight is 268 g/mol. The van der Waals surface area contributed by atoms with E-state index in [1.165, 1.54) is 0 Å². The summed E-state index contributed by atoms with van der Waals surface area (Å²) in [5.41, 5.74) is 1.44. The Morgan fingerprint density at radius 3 is 3.28 bits per heavy atom. The number of aromatic amines is 1. The molecule has 1 aliphatic heterocycles. The highest BCUT2D eigenvalue weighted by molar-refractivity contribution is 6.28. The second-order valence-electron chi connectivity index (χ2n) is 4.25. The van der Waals surface area contributed by atoms with Gasteiger partial charge >= 0.3 is 0 Å². The minimum absolute atomic E-state index is 0.228. The molecule has 2 aromatic heterocycles. The van der Waals surface area contributed by atoms with Crippen LogP contribution in [0.5, 0.6) is 0 Å². The minimum atomic E-state index is 0.228. The van der Waals surface area contributed by atoms with Gasteiger partial charge in [-0.25, -0.2) is 4.98 Å². The van der Waals surface area contributed by atoms with Crippen molar-refractivity contribution in [2.75, 3.05) is 24.7 Å². The van der Waals surface area contributed by atoms with Crippen LogP contribution in [0.3, 0.4) is 0 Å². The molecule has 0 aliphatic carbocycles. The number of hydrogen-bond donors (Lipinski definition) is 1. The third kappa shape index (κ3) is 1.91. The van der Waals surface area contributed by atoms with Gasteiger partial charge in [-0.05, 0) is 18.0 Å². The van der Waals surface area contributed by atoms with Crippen LogP contribution in [0.1, 0.15) is 13.3 Å². The van der Waals surface area contributed by atoms with Gasteiger partial charge in [-0.3, -0.25) is 0 Å². The molecule has 0 radical (unpaired) electrons. The van der Waals surface area contributed by atoms with Crippen molar-refractivity contribution < 1.29 is 4.74 Å². The second-order valence-corrected chi connectivity index (χ2v) is 4.59. The van der Waals surface area contributed by atoms with Gasteiger partial charge in [-0.1, -0.05) is 6.92 Å². The monoisotopic (exact) mass is 267 g/mol. The number of imidazole rings is 1. The van der Waals surface area contributed by atoms with Gasteiger partial charge in [0.25, 0.3) is 0 Å². The number of hydrogen-bond acceptors (Lipinski definition) is 5. The molecule has 1 saturated heterocycles. The molecule has 1 fully saturated rings. The zero-order valence-corrected chi connectivity index (χ0v) is 10.8. The van der Waals surface area contributed by atoms with Crippen molar-refractivity contribution >= 4 is 28.6 Å². The molecule has 1 atom stereocenters. The summed E-state index contributed by atoms with van der Waals surface area (Å²) in [6, 6.07) is 0.316. The molecule has 0 aromatic carbocycles. The summed E-state index contributed by atoms with van der Waals surface area (Å²) in [7, 11) is 0. The van der Waals surface area contributed by atoms with Crippen molar-refractivity contribution in [2.45, 2.75) is 19.4 Å². The summed E-state index contributed by atoms with van der Waals surface area (Å²) in [6.45, 7) is 4.36. The maximum atomic E-state index is 5.96. The first kappa shape index (κ1) is 11.7. The fourth-order valence-electron chi connectivity index (χ4n) is 2.27. The molecule has 0 bridgehead atoms. The minimum Gasteiger partial charge on any atom is -0.377 e. The Bertz CT molecular complexity index is 557. The molecular weight excluding hydrogens is 254 g/mol. The molecule has 0 saturated carbocycles. The predicted molar refractivity (Wildman–Crippen MR) is 68.9 cm³/mol. The lowest BCUT2D eigenvalue weighted by molar-refractivity contribution is 0.0927. The summed E-state index contributed by atoms with van der Waals surface area (Å²) in [6.07, 6.45) is 2.61. The van der Waals surface area contributed by atoms with Crippen LogP contribution in [0.25, 0.3) is 11.2 Å². The topological polar surface area (TPSA) is 66.9 Å². The number of H-pyrrole nitrogens is 1. The zero-order chi connectivity index (χ0) is 12.5. The predicted octanol–water partition coefficient (Wildman–Crippen LogP) is 1.62. The molecule has 0 spiro atoms. The average Bonchev–Trinajstić information content (AvgIpc) is 2.85. The molecule has 1 unspecified atom stereocenters. The van der Waals surface area contributed by atoms with E-state index >= 15 is 0 Å². The first-order valence-electron chi connectivity index (χ1n) is 6.00. The van der Waals surface area contributed by atoms with Crippen molar-refractivity contribution in [1.29, 1.82) is 0 Å². The Morgan fingerprint density at radius 1 is 1.56 bits per heavy atom. The van der Waals surface area contributed by atoms with Crippen LogP contribution in [-0.4, -0.2) is 45.7 Å². The van der Waals surface area contributed by atoms with Gasteiger partial charge in [0.05, 0.1) is 25.6 Å². The molecule has 96 valence electrons. The molecule has 0 amide bonds. The maximum Gasteiger partial charge on any atom is 0.226 e. The van der Waals surface area contributed by atoms with E-state index in [-0.39, 0.29) is 5.28 Å². The highest BCUT2D eigenvalue weighted by Gasteiger charge is 2.25. The summed E-state index contributed by atoms with van der Waals surface area (Å²) in [5.74, 6) is 0.817. The number of aromatic nitrogens is 4. The SMILES string of the molecule is CCC1COCCN1c1nc(Cl)nc2nc[nH]c12. The van der Waals surface area contributed by atoms with Crippen LogP contribution in [0.15, 0.2) is 6.33 Å². The molecule has 3 heterocycles. The molecule has 2 aromatic rings. The molecular formula is C11H14ClN5O. The van der Waals surface area contributed by atoms with E-state index in [9.17, 15) is 0 Å². The van der Waals surface area contributed by atoms with Crippen molar-refractivity contribution in [3.8, 4) is 0 Å². The highest BCUT2D eigenvalue weighted by atomic mass is 35.5. The number of anilines is 1. The maximum absolute atomic E-state index is 5.96. The Morgan fingerprint density at radius 2 is 2.44 bits per heavy atom. The number of morpholine rings is 1. The number of ether oxygens (including phenoxy) is 1. The van der Waals surface area contributed by atoms with Gasteiger partial charge in [0.2, 0.25) is 5.28 Å². The van der Waals surface area contributed by atoms with E-state index in [4.69, 9.17) is 16.3 Å². The van der Waals surface area contributed by atoms with Gasteiger partial charge in [0.1, 0.15) is 5.52 Å². The van der Waals surface area contributed by atoms with Gasteiger partial charge < -0.3 is 14.6 Å². The number of rotatable bonds is 2. The summed E-state index contributed by atoms with van der Waals surface area (Å²) in [4.78, 5) is 17.9. The summed E-state index contributed by atoms with van der Waals surface area (Å²) < 4.78 is 5.50. The lowest BCUT2D eigenvalue weighted by atomic mass is 10.2. The number of nitrogens with zero attached hydrogens (tertiary/aromatic N) is 4. The first-order valence-corrected chi connectivity index (χ1v) is 6.38. The number of halogens is 1. The Balaban J connectivity index is 2.08.